The zero-order valence-electron chi connectivity index (χ0n) is 10.0. The largest absolute Gasteiger partial charge is 0.219 e. The molecule has 0 aromatic carbocycles. The van der Waals surface area contributed by atoms with E-state index in [-0.39, 0.29) is 0 Å². The van der Waals surface area contributed by atoms with Crippen molar-refractivity contribution in [1.82, 2.24) is 0 Å². The normalized spacial score (nSPS) is 11.2. The Hall–Kier alpha value is -0.880. The maximum atomic E-state index is 7.51. The molecule has 0 aromatic heterocycles. The van der Waals surface area contributed by atoms with Gasteiger partial charge in [0.15, 0.2) is 0 Å². The summed E-state index contributed by atoms with van der Waals surface area (Å²) in [7, 11) is 1.09. The van der Waals surface area contributed by atoms with Gasteiger partial charge in [-0.1, -0.05) is 0 Å². The molecule has 1 N–H and O–H groups in total. The summed E-state index contributed by atoms with van der Waals surface area (Å²) in [4.78, 5) is 3.87. The lowest BCUT2D eigenvalue weighted by Gasteiger charge is -1.98. The predicted octanol–water partition coefficient (Wildman–Crippen LogP) is -1.26. The average Bonchev–Trinajstić information content (AvgIpc) is 2.57. The van der Waals surface area contributed by atoms with E-state index in [1.54, 1.807) is 0 Å². The number of hydrogen-bond donors (Lipinski definition) is 1. The van der Waals surface area contributed by atoms with Crippen LogP contribution in [0.4, 0.5) is 0 Å². The fraction of sp³-hybridized carbons (Fsp3) is 1.00. The van der Waals surface area contributed by atoms with E-state index in [4.69, 9.17) is 5.26 Å². The van der Waals surface area contributed by atoms with Gasteiger partial charge in [0, 0.05) is 20.2 Å². The first-order chi connectivity index (χ1) is 11.4. The summed E-state index contributed by atoms with van der Waals surface area (Å²) in [6.45, 7) is 0. The Bertz CT molecular complexity index is 170. The Balaban J connectivity index is 2.92. The van der Waals surface area contributed by atoms with Crippen LogP contribution in [0.3, 0.4) is 0 Å². The van der Waals surface area contributed by atoms with Crippen molar-refractivity contribution in [3.63, 3.8) is 0 Å². The van der Waals surface area contributed by atoms with E-state index >= 15 is 0 Å². The van der Waals surface area contributed by atoms with E-state index in [1.165, 1.54) is 0 Å². The molecule has 0 aliphatic carbocycles. The lowest BCUT2D eigenvalue weighted by Crippen LogP contribution is -2.05. The highest BCUT2D eigenvalue weighted by atomic mass is 18.0. The van der Waals surface area contributed by atoms with Crippen LogP contribution in [-0.4, -0.2) is 12.4 Å². The number of rotatable bonds is 20. The van der Waals surface area contributed by atoms with Gasteiger partial charge in [-0.25, -0.2) is 10.1 Å². The van der Waals surface area contributed by atoms with Crippen molar-refractivity contribution >= 4 is 0 Å². The quantitative estimate of drug-likeness (QED) is 0.151. The van der Waals surface area contributed by atoms with Crippen LogP contribution in [0.5, 0.6) is 0 Å². The third kappa shape index (κ3) is 21.1. The van der Waals surface area contributed by atoms with Gasteiger partial charge >= 0.3 is 0 Å². The molecule has 22 heteroatoms. The summed E-state index contributed by atoms with van der Waals surface area (Å²) in [5.41, 5.74) is 0. The van der Waals surface area contributed by atoms with Crippen molar-refractivity contribution in [3.05, 3.63) is 0 Å². The molecule has 0 rings (SSSR count). The Morgan fingerprint density at radius 3 is 0.783 bits per heavy atom. The van der Waals surface area contributed by atoms with Crippen LogP contribution in [0.25, 0.3) is 0 Å². The van der Waals surface area contributed by atoms with E-state index in [0.29, 0.717) is 0 Å². The first kappa shape index (κ1) is 22.1. The molecule has 0 atom stereocenters. The van der Waals surface area contributed by atoms with Crippen molar-refractivity contribution in [2.75, 3.05) is 7.11 Å². The molecule has 0 fully saturated rings. The molecular formula is CH4O22. The first-order valence-electron chi connectivity index (χ1n) is 3.92. The van der Waals surface area contributed by atoms with Gasteiger partial charge in [0.05, 0.1) is 7.11 Å². The van der Waals surface area contributed by atoms with Gasteiger partial charge in [-0.2, -0.15) is 0 Å². The third-order valence-electron chi connectivity index (χ3n) is 0.598. The zero-order valence-corrected chi connectivity index (χ0v) is 10.0. The van der Waals surface area contributed by atoms with Crippen molar-refractivity contribution < 1.29 is 111 Å². The van der Waals surface area contributed by atoms with Crippen molar-refractivity contribution in [2.24, 2.45) is 0 Å². The minimum absolute atomic E-state index is 1.09. The van der Waals surface area contributed by atoms with Crippen molar-refractivity contribution in [2.45, 2.75) is 0 Å². The highest BCUT2D eigenvalue weighted by Crippen LogP contribution is 1.93. The SMILES string of the molecule is COOOOOOOOOOOOOOOOOOOOOO. The summed E-state index contributed by atoms with van der Waals surface area (Å²) < 4.78 is 0. The van der Waals surface area contributed by atoms with Crippen LogP contribution < -0.4 is 0 Å². The van der Waals surface area contributed by atoms with Gasteiger partial charge in [0.2, 0.25) is 0 Å². The predicted molar refractivity (Wildman–Crippen MR) is 31.3 cm³/mol. The molecule has 140 valence electrons. The van der Waals surface area contributed by atoms with Gasteiger partial charge in [-0.3, -0.25) is 0 Å². The minimum atomic E-state index is 1.09. The first-order valence-corrected chi connectivity index (χ1v) is 3.92. The lowest BCUT2D eigenvalue weighted by molar-refractivity contribution is -0.897. The molecule has 0 aromatic rings. The molecule has 23 heavy (non-hydrogen) atoms. The van der Waals surface area contributed by atoms with Crippen LogP contribution in [0.15, 0.2) is 0 Å². The fourth-order valence-corrected chi connectivity index (χ4v) is 0.233. The smallest absolute Gasteiger partial charge is 0.0745 e. The minimum Gasteiger partial charge on any atom is -0.219 e. The zero-order chi connectivity index (χ0) is 16.8. The molecule has 0 bridgehead atoms. The summed E-state index contributed by atoms with van der Waals surface area (Å²) >= 11 is 0. The maximum Gasteiger partial charge on any atom is 0.0745 e. The van der Waals surface area contributed by atoms with Crippen molar-refractivity contribution in [1.29, 1.82) is 0 Å². The molecule has 22 nitrogen and oxygen atoms in total. The molecule has 0 heterocycles. The van der Waals surface area contributed by atoms with E-state index in [9.17, 15) is 0 Å². The second-order valence-corrected chi connectivity index (χ2v) is 1.53. The molecule has 0 unspecified atom stereocenters. The van der Waals surface area contributed by atoms with Gasteiger partial charge in [0.25, 0.3) is 0 Å². The van der Waals surface area contributed by atoms with E-state index in [1.807, 2.05) is 0 Å². The molecule has 0 spiro atoms. The Morgan fingerprint density at radius 2 is 0.565 bits per heavy atom. The number of hydrogen-bond acceptors (Lipinski definition) is 22. The van der Waals surface area contributed by atoms with Crippen LogP contribution in [-0.2, 0) is 106 Å². The fourth-order valence-electron chi connectivity index (χ4n) is 0.233. The highest BCUT2D eigenvalue weighted by Gasteiger charge is 2.00. The maximum absolute atomic E-state index is 7.51. The Labute approximate surface area is 119 Å². The van der Waals surface area contributed by atoms with Crippen LogP contribution in [0.2, 0.25) is 0 Å². The molecule has 0 aliphatic rings. The average molecular weight is 368 g/mol. The third-order valence-corrected chi connectivity index (χ3v) is 0.598. The molecule has 0 amide bonds. The van der Waals surface area contributed by atoms with Crippen LogP contribution >= 0.6 is 0 Å². The van der Waals surface area contributed by atoms with E-state index in [2.05, 4.69) is 106 Å². The van der Waals surface area contributed by atoms with Crippen molar-refractivity contribution in [3.8, 4) is 0 Å². The molecule has 0 aliphatic heterocycles. The monoisotopic (exact) mass is 368 g/mol. The summed E-state index contributed by atoms with van der Waals surface area (Å²) in [6, 6.07) is 0. The van der Waals surface area contributed by atoms with E-state index < -0.39 is 0 Å². The Morgan fingerprint density at radius 1 is 0.348 bits per heavy atom. The van der Waals surface area contributed by atoms with Gasteiger partial charge in [-0.05, 0) is 80.6 Å². The second-order valence-electron chi connectivity index (χ2n) is 1.53. The van der Waals surface area contributed by atoms with Gasteiger partial charge in [0.1, 0.15) is 0 Å². The van der Waals surface area contributed by atoms with E-state index in [0.717, 1.165) is 7.11 Å². The molecule has 0 saturated heterocycles. The summed E-state index contributed by atoms with van der Waals surface area (Å²) in [6.07, 6.45) is 0. The second kappa shape index (κ2) is 21.1. The summed E-state index contributed by atoms with van der Waals surface area (Å²) in [5, 5.41) is 76.5. The topological polar surface area (TPSA) is 214 Å². The van der Waals surface area contributed by atoms with Crippen LogP contribution in [0, 0.1) is 0 Å². The molecule has 0 radical (unpaired) electrons. The lowest BCUT2D eigenvalue weighted by atomic mass is 11.8. The standard InChI is InChI=1S/CH4O22/c1-3-5-7-9-11-13-15-17-19-21-23-22-20-18-16-14-12-10-8-6-4-2/h2H,1H3. The highest BCUT2D eigenvalue weighted by molar-refractivity contribution is 3.35. The van der Waals surface area contributed by atoms with Crippen LogP contribution in [0.1, 0.15) is 0 Å². The summed E-state index contributed by atoms with van der Waals surface area (Å²) in [5.74, 6) is 0. The Kier molecular flexibility index (Phi) is 20.3. The van der Waals surface area contributed by atoms with Gasteiger partial charge in [-0.15, -0.1) is 0 Å². The molecular weight excluding hydrogens is 364 g/mol. The molecule has 0 saturated carbocycles. The van der Waals surface area contributed by atoms with Gasteiger partial charge < -0.3 is 0 Å².